The molecular weight excluding hydrogens is 276 g/mol. The molecule has 0 aromatic heterocycles. The molecule has 1 aromatic carbocycles. The molecule has 0 spiro atoms. The number of likely N-dealkylation sites (N-methyl/N-ethyl adjacent to an activating group) is 1. The Bertz CT molecular complexity index is 630. The zero-order valence-electron chi connectivity index (χ0n) is 11.9. The van der Waals surface area contributed by atoms with Crippen LogP contribution < -0.4 is 5.73 Å². The first-order valence-corrected chi connectivity index (χ1v) is 7.67. The average molecular weight is 296 g/mol. The van der Waals surface area contributed by atoms with Gasteiger partial charge in [-0.05, 0) is 31.5 Å². The monoisotopic (exact) mass is 296 g/mol. The van der Waals surface area contributed by atoms with Crippen molar-refractivity contribution in [2.75, 3.05) is 20.2 Å². The molecule has 0 fully saturated rings. The molecule has 6 heteroatoms. The number of rotatable bonds is 4. The van der Waals surface area contributed by atoms with Crippen molar-refractivity contribution in [1.29, 1.82) is 0 Å². The second-order valence-electron chi connectivity index (χ2n) is 4.54. The summed E-state index contributed by atoms with van der Waals surface area (Å²) in [5.74, 6) is 5.51. The van der Waals surface area contributed by atoms with Crippen molar-refractivity contribution in [1.82, 2.24) is 4.31 Å². The van der Waals surface area contributed by atoms with Crippen molar-refractivity contribution >= 4 is 10.0 Å². The minimum absolute atomic E-state index is 0.198. The summed E-state index contributed by atoms with van der Waals surface area (Å²) < 4.78 is 26.2. The highest BCUT2D eigenvalue weighted by Gasteiger charge is 2.26. The van der Waals surface area contributed by atoms with Crippen LogP contribution in [0.1, 0.15) is 18.1 Å². The third-order valence-corrected chi connectivity index (χ3v) is 5.18. The zero-order chi connectivity index (χ0) is 15.3. The number of nitrogens with two attached hydrogens (primary N) is 1. The highest BCUT2D eigenvalue weighted by atomic mass is 32.2. The lowest BCUT2D eigenvalue weighted by Gasteiger charge is -2.23. The molecule has 110 valence electrons. The standard InChI is InChI=1S/C14H20N2O3S/c1-11-6-7-13(5-4-8-15)9-14(11)20(18,19)16(3)12(2)10-17/h6-7,9,12,17H,8,10,15H2,1-3H3. The van der Waals surface area contributed by atoms with Gasteiger partial charge in [-0.3, -0.25) is 0 Å². The first kappa shape index (κ1) is 16.7. The molecule has 0 saturated heterocycles. The average Bonchev–Trinajstić information content (AvgIpc) is 2.44. The van der Waals surface area contributed by atoms with Crippen LogP contribution >= 0.6 is 0 Å². The third-order valence-electron chi connectivity index (χ3n) is 3.06. The molecule has 1 atom stereocenters. The van der Waals surface area contributed by atoms with Crippen molar-refractivity contribution in [2.24, 2.45) is 5.73 Å². The maximum Gasteiger partial charge on any atom is 0.243 e. The van der Waals surface area contributed by atoms with Crippen molar-refractivity contribution in [2.45, 2.75) is 24.8 Å². The smallest absolute Gasteiger partial charge is 0.243 e. The van der Waals surface area contributed by atoms with Gasteiger partial charge in [0.2, 0.25) is 10.0 Å². The Labute approximate surface area is 120 Å². The van der Waals surface area contributed by atoms with Gasteiger partial charge in [-0.2, -0.15) is 4.31 Å². The van der Waals surface area contributed by atoms with Gasteiger partial charge in [0.25, 0.3) is 0 Å². The lowest BCUT2D eigenvalue weighted by atomic mass is 10.1. The van der Waals surface area contributed by atoms with E-state index in [0.717, 1.165) is 4.31 Å². The highest BCUT2D eigenvalue weighted by Crippen LogP contribution is 2.21. The molecule has 20 heavy (non-hydrogen) atoms. The van der Waals surface area contributed by atoms with Crippen molar-refractivity contribution in [3.8, 4) is 11.8 Å². The molecule has 0 aliphatic rings. The van der Waals surface area contributed by atoms with Gasteiger partial charge in [-0.25, -0.2) is 8.42 Å². The van der Waals surface area contributed by atoms with E-state index in [1.54, 1.807) is 26.0 Å². The van der Waals surface area contributed by atoms with Crippen LogP contribution in [0.4, 0.5) is 0 Å². The predicted octanol–water partition coefficient (Wildman–Crippen LogP) is 0.307. The van der Waals surface area contributed by atoms with Gasteiger partial charge in [0.1, 0.15) is 0 Å². The van der Waals surface area contributed by atoms with E-state index in [1.165, 1.54) is 13.1 Å². The van der Waals surface area contributed by atoms with Crippen LogP contribution in [0, 0.1) is 18.8 Å². The largest absolute Gasteiger partial charge is 0.395 e. The first-order chi connectivity index (χ1) is 9.34. The Balaban J connectivity index is 3.30. The van der Waals surface area contributed by atoms with E-state index < -0.39 is 16.1 Å². The molecule has 3 N–H and O–H groups in total. The van der Waals surface area contributed by atoms with E-state index in [1.807, 2.05) is 0 Å². The summed E-state index contributed by atoms with van der Waals surface area (Å²) in [5.41, 5.74) is 6.55. The molecule has 0 saturated carbocycles. The summed E-state index contributed by atoms with van der Waals surface area (Å²) in [7, 11) is -2.20. The number of hydrogen-bond acceptors (Lipinski definition) is 4. The van der Waals surface area contributed by atoms with Gasteiger partial charge < -0.3 is 10.8 Å². The summed E-state index contributed by atoms with van der Waals surface area (Å²) in [5, 5.41) is 9.11. The maximum atomic E-state index is 12.5. The molecular formula is C14H20N2O3S. The number of sulfonamides is 1. The second kappa shape index (κ2) is 6.86. The number of benzene rings is 1. The Kier molecular flexibility index (Phi) is 5.72. The lowest BCUT2D eigenvalue weighted by molar-refractivity contribution is 0.214. The summed E-state index contributed by atoms with van der Waals surface area (Å²) in [6.45, 7) is 3.36. The fraction of sp³-hybridized carbons (Fsp3) is 0.429. The Hall–Kier alpha value is -1.39. The molecule has 0 amide bonds. The molecule has 1 aromatic rings. The molecule has 0 aliphatic carbocycles. The van der Waals surface area contributed by atoms with Crippen LogP contribution in [0.3, 0.4) is 0 Å². The molecule has 0 bridgehead atoms. The van der Waals surface area contributed by atoms with Crippen molar-refractivity contribution < 1.29 is 13.5 Å². The highest BCUT2D eigenvalue weighted by molar-refractivity contribution is 7.89. The quantitative estimate of drug-likeness (QED) is 0.783. The third kappa shape index (κ3) is 3.58. The fourth-order valence-electron chi connectivity index (χ4n) is 1.62. The second-order valence-corrected chi connectivity index (χ2v) is 6.50. The van der Waals surface area contributed by atoms with E-state index in [9.17, 15) is 8.42 Å². The summed E-state index contributed by atoms with van der Waals surface area (Å²) in [4.78, 5) is 0.198. The molecule has 1 rings (SSSR count). The van der Waals surface area contributed by atoms with Gasteiger partial charge in [-0.1, -0.05) is 17.9 Å². The molecule has 0 radical (unpaired) electrons. The van der Waals surface area contributed by atoms with Crippen LogP contribution in [0.5, 0.6) is 0 Å². The Morgan fingerprint density at radius 1 is 1.45 bits per heavy atom. The number of aryl methyl sites for hydroxylation is 1. The summed E-state index contributed by atoms with van der Waals surface area (Å²) in [6.07, 6.45) is 0. The number of nitrogens with zero attached hydrogens (tertiary/aromatic N) is 1. The van der Waals surface area contributed by atoms with Crippen LogP contribution in [-0.4, -0.2) is 44.1 Å². The Morgan fingerprint density at radius 2 is 2.10 bits per heavy atom. The molecule has 0 aliphatic heterocycles. The van der Waals surface area contributed by atoms with Crippen molar-refractivity contribution in [3.63, 3.8) is 0 Å². The van der Waals surface area contributed by atoms with E-state index in [0.29, 0.717) is 11.1 Å². The lowest BCUT2D eigenvalue weighted by Crippen LogP contribution is -2.37. The minimum atomic E-state index is -3.65. The predicted molar refractivity (Wildman–Crippen MR) is 78.6 cm³/mol. The van der Waals surface area contributed by atoms with Gasteiger partial charge in [-0.15, -0.1) is 0 Å². The van der Waals surface area contributed by atoms with Crippen LogP contribution in [0.2, 0.25) is 0 Å². The molecule has 1 unspecified atom stereocenters. The summed E-state index contributed by atoms with van der Waals surface area (Å²) in [6, 6.07) is 4.52. The van der Waals surface area contributed by atoms with Crippen LogP contribution in [-0.2, 0) is 10.0 Å². The van der Waals surface area contributed by atoms with E-state index in [4.69, 9.17) is 10.8 Å². The van der Waals surface area contributed by atoms with E-state index >= 15 is 0 Å². The number of aliphatic hydroxyl groups excluding tert-OH is 1. The zero-order valence-corrected chi connectivity index (χ0v) is 12.7. The van der Waals surface area contributed by atoms with Crippen LogP contribution in [0.15, 0.2) is 23.1 Å². The van der Waals surface area contributed by atoms with E-state index in [2.05, 4.69) is 11.8 Å². The van der Waals surface area contributed by atoms with Gasteiger partial charge in [0.05, 0.1) is 18.0 Å². The SMILES string of the molecule is Cc1ccc(C#CCN)cc1S(=O)(=O)N(C)C(C)CO. The number of hydrogen-bond donors (Lipinski definition) is 2. The Morgan fingerprint density at radius 3 is 2.65 bits per heavy atom. The van der Waals surface area contributed by atoms with E-state index in [-0.39, 0.29) is 18.0 Å². The van der Waals surface area contributed by atoms with Gasteiger partial charge >= 0.3 is 0 Å². The molecule has 5 nitrogen and oxygen atoms in total. The first-order valence-electron chi connectivity index (χ1n) is 6.23. The normalized spacial score (nSPS) is 12.9. The summed E-state index contributed by atoms with van der Waals surface area (Å²) >= 11 is 0. The minimum Gasteiger partial charge on any atom is -0.395 e. The fourth-order valence-corrected chi connectivity index (χ4v) is 3.22. The maximum absolute atomic E-state index is 12.5. The molecule has 0 heterocycles. The topological polar surface area (TPSA) is 83.6 Å². The number of aliphatic hydroxyl groups is 1. The van der Waals surface area contributed by atoms with Gasteiger partial charge in [0.15, 0.2) is 0 Å². The van der Waals surface area contributed by atoms with Gasteiger partial charge in [0, 0.05) is 18.7 Å². The van der Waals surface area contributed by atoms with Crippen LogP contribution in [0.25, 0.3) is 0 Å². The van der Waals surface area contributed by atoms with Crippen molar-refractivity contribution in [3.05, 3.63) is 29.3 Å².